The summed E-state index contributed by atoms with van der Waals surface area (Å²) in [5.41, 5.74) is 5.27. The molecule has 0 amide bonds. The minimum Gasteiger partial charge on any atom is -0.387 e. The maximum atomic E-state index is 13.2. The van der Waals surface area contributed by atoms with E-state index in [1.165, 1.54) is 23.4 Å². The van der Waals surface area contributed by atoms with E-state index in [0.717, 1.165) is 10.9 Å². The number of H-pyrrole nitrogens is 1. The lowest BCUT2D eigenvalue weighted by Gasteiger charge is -2.25. The molecule has 0 radical (unpaired) electrons. The quantitative estimate of drug-likeness (QED) is 0.128. The fourth-order valence-electron chi connectivity index (χ4n) is 5.21. The van der Waals surface area contributed by atoms with Gasteiger partial charge in [0.05, 0.1) is 32.1 Å². The van der Waals surface area contributed by atoms with Gasteiger partial charge in [0.25, 0.3) is 5.56 Å². The highest BCUT2D eigenvalue weighted by Gasteiger charge is 2.54. The lowest BCUT2D eigenvalue weighted by molar-refractivity contribution is -0.0672. The van der Waals surface area contributed by atoms with Crippen LogP contribution in [0.1, 0.15) is 12.5 Å². The minimum atomic E-state index is -5.09. The molecule has 7 rings (SSSR count). The van der Waals surface area contributed by atoms with Gasteiger partial charge in [-0.3, -0.25) is 37.0 Å². The minimum absolute atomic E-state index is 0.121. The first kappa shape index (κ1) is 29.5. The highest BCUT2D eigenvalue weighted by molar-refractivity contribution is 7.47. The van der Waals surface area contributed by atoms with Crippen molar-refractivity contribution in [2.75, 3.05) is 18.9 Å². The number of aromatic amines is 1. The summed E-state index contributed by atoms with van der Waals surface area (Å²) < 4.78 is 61.1. The van der Waals surface area contributed by atoms with Crippen molar-refractivity contribution in [3.8, 4) is 0 Å². The number of nitrogen functional groups attached to an aromatic ring is 1. The first-order chi connectivity index (χ1) is 20.9. The molecule has 3 saturated heterocycles. The van der Waals surface area contributed by atoms with Crippen molar-refractivity contribution >= 4 is 43.9 Å². The monoisotopic (exact) mass is 659 g/mol. The van der Waals surface area contributed by atoms with Crippen molar-refractivity contribution in [3.63, 3.8) is 0 Å². The largest absolute Gasteiger partial charge is 0.472 e. The number of nitrogens with two attached hydrogens (primary N) is 1. The molecule has 3 aliphatic heterocycles. The first-order valence-corrected chi connectivity index (χ1v) is 15.7. The maximum absolute atomic E-state index is 13.2. The molecule has 4 aromatic rings. The van der Waals surface area contributed by atoms with Crippen LogP contribution in [-0.2, 0) is 36.7 Å². The number of fused-ring (bicyclic) bond motifs is 5. The molecule has 22 nitrogen and oxygen atoms in total. The fraction of sp³-hybridized carbons (Fsp3) is 0.500. The number of hydrogen-bond donors (Lipinski definition) is 6. The summed E-state index contributed by atoms with van der Waals surface area (Å²) in [6, 6.07) is 0. The van der Waals surface area contributed by atoms with E-state index >= 15 is 0 Å². The average molecular weight is 659 g/mol. The molecule has 0 aromatic carbocycles. The lowest BCUT2D eigenvalue weighted by Crippen LogP contribution is -2.36. The Kier molecular flexibility index (Phi) is 7.16. The molecule has 44 heavy (non-hydrogen) atoms. The molecule has 3 aliphatic rings. The molecule has 3 fully saturated rings. The van der Waals surface area contributed by atoms with Gasteiger partial charge in [0.15, 0.2) is 29.3 Å². The molecule has 0 saturated carbocycles. The van der Waals surface area contributed by atoms with E-state index in [0.29, 0.717) is 5.52 Å². The average Bonchev–Trinajstić information content (AvgIpc) is 3.72. The Hall–Kier alpha value is -3.24. The second kappa shape index (κ2) is 10.7. The number of aliphatic hydroxyl groups excluding tert-OH is 2. The molecule has 10 atom stereocenters. The van der Waals surface area contributed by atoms with E-state index in [-0.39, 0.29) is 22.8 Å². The fourth-order valence-corrected chi connectivity index (χ4v) is 7.11. The highest BCUT2D eigenvalue weighted by atomic mass is 31.2. The van der Waals surface area contributed by atoms with Crippen LogP contribution in [0, 0.1) is 0 Å². The van der Waals surface area contributed by atoms with Crippen LogP contribution in [-0.4, -0.2) is 109 Å². The van der Waals surface area contributed by atoms with Gasteiger partial charge < -0.3 is 35.2 Å². The number of aromatic nitrogens is 8. The molecule has 7 heterocycles. The van der Waals surface area contributed by atoms with Gasteiger partial charge in [-0.1, -0.05) is 0 Å². The van der Waals surface area contributed by atoms with Gasteiger partial charge in [0, 0.05) is 0 Å². The number of nitrogens with one attached hydrogen (secondary N) is 1. The molecule has 24 heteroatoms. The Balaban J connectivity index is 1.21. The van der Waals surface area contributed by atoms with Gasteiger partial charge in [-0.05, 0) is 0 Å². The molecule has 7 N–H and O–H groups in total. The zero-order valence-electron chi connectivity index (χ0n) is 21.9. The third-order valence-electron chi connectivity index (χ3n) is 7.17. The second-order valence-corrected chi connectivity index (χ2v) is 12.8. The van der Waals surface area contributed by atoms with Gasteiger partial charge >= 0.3 is 15.6 Å². The van der Waals surface area contributed by atoms with Crippen molar-refractivity contribution in [1.29, 1.82) is 0 Å². The normalized spacial score (nSPS) is 38.3. The third-order valence-corrected chi connectivity index (χ3v) is 9.14. The Morgan fingerprint density at radius 2 is 1.55 bits per heavy atom. The van der Waals surface area contributed by atoms with Gasteiger partial charge in [-0.2, -0.15) is 4.98 Å². The van der Waals surface area contributed by atoms with Crippen LogP contribution in [0.15, 0.2) is 30.0 Å². The zero-order chi connectivity index (χ0) is 31.0. The summed E-state index contributed by atoms with van der Waals surface area (Å²) >= 11 is 0. The number of hydrogen-bond acceptors (Lipinski definition) is 17. The molecular formula is C20H23N9O13P2. The summed E-state index contributed by atoms with van der Waals surface area (Å²) in [6.07, 6.45) is -7.42. The van der Waals surface area contributed by atoms with E-state index in [2.05, 4.69) is 29.9 Å². The van der Waals surface area contributed by atoms with E-state index in [1.807, 2.05) is 0 Å². The molecular weight excluding hydrogens is 636 g/mol. The van der Waals surface area contributed by atoms with Gasteiger partial charge in [0.1, 0.15) is 48.5 Å². The number of ether oxygens (including phenoxy) is 2. The molecule has 2 bridgehead atoms. The summed E-state index contributed by atoms with van der Waals surface area (Å²) in [4.78, 5) is 55.8. The van der Waals surface area contributed by atoms with Crippen molar-refractivity contribution in [1.82, 2.24) is 39.0 Å². The van der Waals surface area contributed by atoms with Crippen LogP contribution >= 0.6 is 15.6 Å². The van der Waals surface area contributed by atoms with Crippen LogP contribution in [0.5, 0.6) is 0 Å². The lowest BCUT2D eigenvalue weighted by atomic mass is 10.1. The summed E-state index contributed by atoms with van der Waals surface area (Å²) in [6.45, 7) is -1.61. The summed E-state index contributed by atoms with van der Waals surface area (Å²) in [5.74, 6) is -0.278. The van der Waals surface area contributed by atoms with Crippen LogP contribution in [0.2, 0.25) is 0 Å². The van der Waals surface area contributed by atoms with Gasteiger partial charge in [0.2, 0.25) is 5.95 Å². The Morgan fingerprint density at radius 1 is 0.886 bits per heavy atom. The van der Waals surface area contributed by atoms with Crippen LogP contribution in [0.4, 0.5) is 5.95 Å². The standard InChI is InChI=1S/C20H23N9O13P2/c21-20-26-16-10(17(32)27-20)25-6-29(16)19-14-11(30)8(39-19)2-37-43(33,34)41-13-9(3-38-44(35,36)42-14)40-18(12(13)31)28-5-24-7-1-22-4-23-15(7)28/h1,4-6,8-9,11-14,18-19,30-31H,2-3H2,(H,33,34)(H,35,36)(H3,21,26,27,32)/t8-,9-,11-,12-,13-,14-,18-,19-/m1/s1. The van der Waals surface area contributed by atoms with Crippen LogP contribution < -0.4 is 11.3 Å². The Labute approximate surface area is 243 Å². The van der Waals surface area contributed by atoms with Crippen LogP contribution in [0.3, 0.4) is 0 Å². The van der Waals surface area contributed by atoms with E-state index in [1.54, 1.807) is 0 Å². The Morgan fingerprint density at radius 3 is 2.32 bits per heavy atom. The number of aliphatic hydroxyl groups is 2. The van der Waals surface area contributed by atoms with E-state index < -0.39 is 83.5 Å². The number of nitrogens with zero attached hydrogens (tertiary/aromatic N) is 7. The SMILES string of the molecule is Nc1nc2c(ncn2[C@@H]2O[C@@H]3COP(=O)(O)O[C@H]4[C@@H](O)[C@H](n5cnc6cncnc65)O[C@@H]4COP(=O)(O)O[C@@H]2[C@@H]3O)c(=O)[nH]1. The number of anilines is 1. The van der Waals surface area contributed by atoms with Gasteiger partial charge in [-0.15, -0.1) is 0 Å². The predicted octanol–water partition coefficient (Wildman–Crippen LogP) is -1.92. The summed E-state index contributed by atoms with van der Waals surface area (Å²) in [5, 5.41) is 22.1. The first-order valence-electron chi connectivity index (χ1n) is 12.7. The van der Waals surface area contributed by atoms with E-state index in [4.69, 9.17) is 33.3 Å². The molecule has 2 unspecified atom stereocenters. The zero-order valence-corrected chi connectivity index (χ0v) is 23.7. The smallest absolute Gasteiger partial charge is 0.387 e. The van der Waals surface area contributed by atoms with E-state index in [9.17, 15) is 33.9 Å². The molecule has 0 spiro atoms. The maximum Gasteiger partial charge on any atom is 0.472 e. The highest BCUT2D eigenvalue weighted by Crippen LogP contribution is 2.53. The molecule has 236 valence electrons. The van der Waals surface area contributed by atoms with Crippen molar-refractivity contribution in [3.05, 3.63) is 35.5 Å². The number of rotatable bonds is 2. The van der Waals surface area contributed by atoms with Crippen molar-refractivity contribution < 1.29 is 56.7 Å². The molecule has 4 aromatic heterocycles. The molecule has 0 aliphatic carbocycles. The number of imidazole rings is 2. The van der Waals surface area contributed by atoms with Crippen LogP contribution in [0.25, 0.3) is 22.3 Å². The second-order valence-electron chi connectivity index (χ2n) is 9.94. The predicted molar refractivity (Wildman–Crippen MR) is 139 cm³/mol. The summed E-state index contributed by atoms with van der Waals surface area (Å²) in [7, 11) is -10.1. The topological polar surface area (TPSA) is 304 Å². The number of phosphoric ester groups is 2. The van der Waals surface area contributed by atoms with Crippen molar-refractivity contribution in [2.24, 2.45) is 0 Å². The van der Waals surface area contributed by atoms with Crippen molar-refractivity contribution in [2.45, 2.75) is 49.1 Å². The third kappa shape index (κ3) is 5.13. The Bertz CT molecular complexity index is 1880. The number of phosphoric acid groups is 2. The van der Waals surface area contributed by atoms with Gasteiger partial charge in [-0.25, -0.2) is 29.1 Å².